The highest BCUT2D eigenvalue weighted by Crippen LogP contribution is 2.07. The van der Waals surface area contributed by atoms with Gasteiger partial charge in [0.15, 0.2) is 5.82 Å². The molecule has 1 rings (SSSR count). The minimum atomic E-state index is -0.997. The summed E-state index contributed by atoms with van der Waals surface area (Å²) in [5.74, 6) is -1.54. The van der Waals surface area contributed by atoms with Crippen LogP contribution in [-0.2, 0) is 11.8 Å². The molecule has 0 amide bonds. The highest BCUT2D eigenvalue weighted by Gasteiger charge is 2.21. The van der Waals surface area contributed by atoms with Gasteiger partial charge in [-0.05, 0) is 0 Å². The van der Waals surface area contributed by atoms with E-state index in [2.05, 4.69) is 10.1 Å². The minimum Gasteiger partial charge on any atom is -0.481 e. The SMILES string of the molecule is Cn1cnc(C(CN)C(=O)O)n1. The maximum absolute atomic E-state index is 10.6. The van der Waals surface area contributed by atoms with Gasteiger partial charge in [0.05, 0.1) is 0 Å². The van der Waals surface area contributed by atoms with Crippen molar-refractivity contribution in [3.05, 3.63) is 12.2 Å². The summed E-state index contributed by atoms with van der Waals surface area (Å²) in [5, 5.41) is 12.5. The van der Waals surface area contributed by atoms with Crippen molar-refractivity contribution in [2.45, 2.75) is 5.92 Å². The maximum atomic E-state index is 10.6. The number of aliphatic carboxylic acids is 1. The van der Waals surface area contributed by atoms with Gasteiger partial charge < -0.3 is 10.8 Å². The smallest absolute Gasteiger partial charge is 0.315 e. The minimum absolute atomic E-state index is 0.0132. The van der Waals surface area contributed by atoms with Crippen molar-refractivity contribution in [3.63, 3.8) is 0 Å². The van der Waals surface area contributed by atoms with Gasteiger partial charge >= 0.3 is 5.97 Å². The van der Waals surface area contributed by atoms with Crippen LogP contribution in [-0.4, -0.2) is 32.4 Å². The van der Waals surface area contributed by atoms with Gasteiger partial charge in [-0.3, -0.25) is 9.48 Å². The number of carbonyl (C=O) groups is 1. The molecular formula is C6H10N4O2. The van der Waals surface area contributed by atoms with Crippen molar-refractivity contribution in [2.24, 2.45) is 12.8 Å². The lowest BCUT2D eigenvalue weighted by Gasteiger charge is -2.02. The predicted molar refractivity (Wildman–Crippen MR) is 40.4 cm³/mol. The van der Waals surface area contributed by atoms with E-state index in [0.717, 1.165) is 0 Å². The van der Waals surface area contributed by atoms with Gasteiger partial charge in [0.25, 0.3) is 0 Å². The standard InChI is InChI=1S/C6H10N4O2/c1-10-3-8-5(9-10)4(2-7)6(11)12/h3-4H,2,7H2,1H3,(H,11,12). The lowest BCUT2D eigenvalue weighted by molar-refractivity contribution is -0.138. The summed E-state index contributed by atoms with van der Waals surface area (Å²) >= 11 is 0. The number of carboxylic acid groups (broad SMARTS) is 1. The normalized spacial score (nSPS) is 12.8. The number of aromatic nitrogens is 3. The van der Waals surface area contributed by atoms with E-state index in [1.54, 1.807) is 7.05 Å². The van der Waals surface area contributed by atoms with Crippen molar-refractivity contribution in [3.8, 4) is 0 Å². The van der Waals surface area contributed by atoms with E-state index in [0.29, 0.717) is 0 Å². The summed E-state index contributed by atoms with van der Waals surface area (Å²) < 4.78 is 1.45. The van der Waals surface area contributed by atoms with Crippen molar-refractivity contribution in [1.29, 1.82) is 0 Å². The Balaban J connectivity index is 2.87. The molecule has 0 spiro atoms. The molecule has 66 valence electrons. The molecule has 12 heavy (non-hydrogen) atoms. The molecule has 6 heteroatoms. The molecule has 1 unspecified atom stereocenters. The first kappa shape index (κ1) is 8.66. The molecule has 1 atom stereocenters. The van der Waals surface area contributed by atoms with E-state index in [-0.39, 0.29) is 12.4 Å². The molecule has 0 saturated heterocycles. The van der Waals surface area contributed by atoms with Gasteiger partial charge in [-0.25, -0.2) is 4.98 Å². The molecule has 6 nitrogen and oxygen atoms in total. The first-order valence-corrected chi connectivity index (χ1v) is 3.43. The molecule has 0 bridgehead atoms. The number of aryl methyl sites for hydroxylation is 1. The second kappa shape index (κ2) is 3.31. The van der Waals surface area contributed by atoms with Crippen LogP contribution in [0.5, 0.6) is 0 Å². The lowest BCUT2D eigenvalue weighted by atomic mass is 10.1. The van der Waals surface area contributed by atoms with E-state index in [1.807, 2.05) is 0 Å². The average molecular weight is 170 g/mol. The summed E-state index contributed by atoms with van der Waals surface area (Å²) in [4.78, 5) is 14.4. The van der Waals surface area contributed by atoms with Crippen LogP contribution in [0.15, 0.2) is 6.33 Å². The first-order chi connectivity index (χ1) is 5.65. The summed E-state index contributed by atoms with van der Waals surface area (Å²) in [5.41, 5.74) is 5.24. The molecule has 1 heterocycles. The van der Waals surface area contributed by atoms with Crippen LogP contribution >= 0.6 is 0 Å². The van der Waals surface area contributed by atoms with Gasteiger partial charge in [-0.15, -0.1) is 0 Å². The van der Waals surface area contributed by atoms with Crippen molar-refractivity contribution >= 4 is 5.97 Å². The fourth-order valence-electron chi connectivity index (χ4n) is 0.832. The Kier molecular flexibility index (Phi) is 2.39. The lowest BCUT2D eigenvalue weighted by Crippen LogP contribution is -2.22. The first-order valence-electron chi connectivity index (χ1n) is 3.43. The van der Waals surface area contributed by atoms with Crippen LogP contribution in [0.3, 0.4) is 0 Å². The number of hydrogen-bond acceptors (Lipinski definition) is 4. The zero-order chi connectivity index (χ0) is 9.14. The summed E-state index contributed by atoms with van der Waals surface area (Å²) in [6.07, 6.45) is 1.45. The van der Waals surface area contributed by atoms with Crippen LogP contribution in [0.4, 0.5) is 0 Å². The van der Waals surface area contributed by atoms with Gasteiger partial charge in [0, 0.05) is 13.6 Å². The van der Waals surface area contributed by atoms with Gasteiger partial charge in [0.2, 0.25) is 0 Å². The van der Waals surface area contributed by atoms with Crippen molar-refractivity contribution in [1.82, 2.24) is 14.8 Å². The van der Waals surface area contributed by atoms with Gasteiger partial charge in [-0.1, -0.05) is 0 Å². The van der Waals surface area contributed by atoms with Gasteiger partial charge in [-0.2, -0.15) is 5.10 Å². The number of rotatable bonds is 3. The third-order valence-corrected chi connectivity index (χ3v) is 1.46. The Morgan fingerprint density at radius 2 is 2.58 bits per heavy atom. The summed E-state index contributed by atoms with van der Waals surface area (Å²) in [6, 6.07) is 0. The molecule has 0 radical (unpaired) electrons. The van der Waals surface area contributed by atoms with E-state index < -0.39 is 11.9 Å². The Hall–Kier alpha value is -1.43. The van der Waals surface area contributed by atoms with Crippen LogP contribution in [0, 0.1) is 0 Å². The zero-order valence-electron chi connectivity index (χ0n) is 6.64. The third kappa shape index (κ3) is 1.59. The average Bonchev–Trinajstić information content (AvgIpc) is 2.37. The number of nitrogens with zero attached hydrogens (tertiary/aromatic N) is 3. The fraction of sp³-hybridized carbons (Fsp3) is 0.500. The van der Waals surface area contributed by atoms with Crippen molar-refractivity contribution in [2.75, 3.05) is 6.54 Å². The third-order valence-electron chi connectivity index (χ3n) is 1.46. The molecule has 0 aliphatic heterocycles. The monoisotopic (exact) mass is 170 g/mol. The second-order valence-corrected chi connectivity index (χ2v) is 2.40. The molecule has 1 aromatic rings. The van der Waals surface area contributed by atoms with E-state index in [4.69, 9.17) is 10.8 Å². The number of hydrogen-bond donors (Lipinski definition) is 2. The largest absolute Gasteiger partial charge is 0.481 e. The number of nitrogens with two attached hydrogens (primary N) is 1. The Bertz CT molecular complexity index is 283. The molecule has 0 saturated carbocycles. The fourth-order valence-corrected chi connectivity index (χ4v) is 0.832. The molecule has 0 fully saturated rings. The van der Waals surface area contributed by atoms with Gasteiger partial charge in [0.1, 0.15) is 12.2 Å². The topological polar surface area (TPSA) is 94.0 Å². The maximum Gasteiger partial charge on any atom is 0.315 e. The molecule has 0 aliphatic carbocycles. The van der Waals surface area contributed by atoms with E-state index in [1.165, 1.54) is 11.0 Å². The molecular weight excluding hydrogens is 160 g/mol. The predicted octanol–water partition coefficient (Wildman–Crippen LogP) is -1.06. The zero-order valence-corrected chi connectivity index (χ0v) is 6.64. The molecule has 1 aromatic heterocycles. The van der Waals surface area contributed by atoms with Crippen molar-refractivity contribution < 1.29 is 9.90 Å². The van der Waals surface area contributed by atoms with Crippen LogP contribution in [0.2, 0.25) is 0 Å². The van der Waals surface area contributed by atoms with Crippen LogP contribution in [0.1, 0.15) is 11.7 Å². The van der Waals surface area contributed by atoms with E-state index >= 15 is 0 Å². The second-order valence-electron chi connectivity index (χ2n) is 2.40. The highest BCUT2D eigenvalue weighted by molar-refractivity contribution is 5.75. The van der Waals surface area contributed by atoms with Crippen LogP contribution < -0.4 is 5.73 Å². The molecule has 0 aliphatic rings. The number of carboxylic acids is 1. The molecule has 0 aromatic carbocycles. The summed E-state index contributed by atoms with van der Waals surface area (Å²) in [7, 11) is 1.67. The molecule has 3 N–H and O–H groups in total. The Labute approximate surface area is 69.0 Å². The Morgan fingerprint density at radius 3 is 2.92 bits per heavy atom. The van der Waals surface area contributed by atoms with E-state index in [9.17, 15) is 4.79 Å². The highest BCUT2D eigenvalue weighted by atomic mass is 16.4. The quantitative estimate of drug-likeness (QED) is 0.603. The Morgan fingerprint density at radius 1 is 1.92 bits per heavy atom. The summed E-state index contributed by atoms with van der Waals surface area (Å²) in [6.45, 7) is 0.0132. The van der Waals surface area contributed by atoms with Crippen LogP contribution in [0.25, 0.3) is 0 Å².